The Labute approximate surface area is 415 Å². The Morgan fingerprint density at radius 2 is 1.45 bits per heavy atom. The van der Waals surface area contributed by atoms with Crippen molar-refractivity contribution in [3.05, 3.63) is 168 Å². The molecule has 0 unspecified atom stereocenters. The van der Waals surface area contributed by atoms with Gasteiger partial charge in [0, 0.05) is 49.4 Å². The molecule has 10 aromatic rings. The molecule has 3 heterocycles. The van der Waals surface area contributed by atoms with Crippen LogP contribution in [0.5, 0.6) is 0 Å². The number of hydrogen-bond donors (Lipinski definition) is 0. The fourth-order valence-electron chi connectivity index (χ4n) is 8.92. The normalized spacial score (nSPS) is 13.7. The zero-order chi connectivity index (χ0) is 50.2. The number of para-hydroxylation sites is 3. The van der Waals surface area contributed by atoms with Gasteiger partial charge < -0.3 is 9.55 Å². The van der Waals surface area contributed by atoms with E-state index in [4.69, 9.17) is 11.8 Å². The number of rotatable bonds is 7. The van der Waals surface area contributed by atoms with Crippen molar-refractivity contribution >= 4 is 77.3 Å². The van der Waals surface area contributed by atoms with E-state index in [1.807, 2.05) is 32.1 Å². The van der Waals surface area contributed by atoms with Gasteiger partial charge in [0.2, 0.25) is 0 Å². The van der Waals surface area contributed by atoms with Crippen molar-refractivity contribution in [1.82, 2.24) is 14.5 Å². The average molecular weight is 1090 g/mol. The van der Waals surface area contributed by atoms with Crippen molar-refractivity contribution < 1.29 is 31.3 Å². The Hall–Kier alpha value is -5.30. The van der Waals surface area contributed by atoms with Crippen molar-refractivity contribution in [2.24, 2.45) is 5.41 Å². The van der Waals surface area contributed by atoms with Crippen LogP contribution in [0.1, 0.15) is 89.4 Å². The van der Waals surface area contributed by atoms with E-state index in [9.17, 15) is 4.39 Å². The molecular formula is C59H58FIrN3SSi-2. The van der Waals surface area contributed by atoms with E-state index in [1.54, 1.807) is 12.3 Å². The maximum absolute atomic E-state index is 14.7. The minimum absolute atomic E-state index is 0. The molecule has 0 spiro atoms. The molecule has 0 aliphatic heterocycles. The van der Waals surface area contributed by atoms with E-state index in [1.165, 1.54) is 64.6 Å². The van der Waals surface area contributed by atoms with Gasteiger partial charge in [-0.15, -0.1) is 47.5 Å². The number of pyridine rings is 1. The van der Waals surface area contributed by atoms with Crippen molar-refractivity contribution in [2.45, 2.75) is 93.2 Å². The van der Waals surface area contributed by atoms with Gasteiger partial charge in [-0.2, -0.15) is 11.3 Å². The van der Waals surface area contributed by atoms with Crippen molar-refractivity contribution in [1.29, 1.82) is 0 Å². The fourth-order valence-corrected chi connectivity index (χ4v) is 11.4. The van der Waals surface area contributed by atoms with E-state index in [0.29, 0.717) is 17.4 Å². The van der Waals surface area contributed by atoms with Crippen LogP contribution < -0.4 is 5.19 Å². The Kier molecular flexibility index (Phi) is 11.4. The van der Waals surface area contributed by atoms with Crippen molar-refractivity contribution in [3.8, 4) is 28.3 Å². The number of nitrogens with zero attached hydrogens (tertiary/aromatic N) is 3. The molecule has 0 bridgehead atoms. The van der Waals surface area contributed by atoms with Crippen LogP contribution in [0.3, 0.4) is 0 Å². The summed E-state index contributed by atoms with van der Waals surface area (Å²) < 4.78 is 59.3. The predicted molar refractivity (Wildman–Crippen MR) is 281 cm³/mol. The molecule has 66 heavy (non-hydrogen) atoms. The van der Waals surface area contributed by atoms with E-state index < -0.39 is 32.5 Å². The molecule has 0 atom stereocenters. The number of fused-ring (bicyclic) bond motifs is 7. The third-order valence-corrected chi connectivity index (χ3v) is 15.1. The Bertz CT molecular complexity index is 3610. The first-order valence-corrected chi connectivity index (χ1v) is 26.8. The molecule has 3 nitrogen and oxygen atoms in total. The zero-order valence-electron chi connectivity index (χ0n) is 44.2. The molecule has 0 saturated carbocycles. The molecule has 7 aromatic carbocycles. The number of benzene rings is 7. The summed E-state index contributed by atoms with van der Waals surface area (Å²) in [5.74, 6) is 0.967. The number of halogens is 1. The SMILES string of the molecule is CC(C)c1cccc(C(C)C)c1-n1c(-c2[c-]cc3sc4cc5ccc6ccccc6c5cc4c3c2)nc2ccccc21.[2H]C([2H])([2H])c1c[c-]c(-c2cc(C([2H])([2H])C(C)(C)C)c([Si](C)(C)C)cn2)c(F)c1.[Ir]. The fraction of sp³-hybridized carbons (Fsp3) is 0.254. The van der Waals surface area contributed by atoms with E-state index >= 15 is 0 Å². The van der Waals surface area contributed by atoms with Crippen molar-refractivity contribution in [2.75, 3.05) is 0 Å². The standard InChI is InChI=1S/C39H31N2S.C20H27FNSi.Ir/c1-23(2)28-12-9-13-29(24(3)4)38(28)41-35-15-8-7-14-34(35)40-39(41)27-18-19-36-32(20-27)33-22-31-26(21-37(33)42-36)17-16-25-10-5-6-11-30(25)31;1-14-8-9-16(17(21)10-14)18-11-15(12-20(2,3)4)19(13-22-18)23(5,6)7;/h5-17,19-24H,1-4H3;8,10-11,13H,12H2,1-7H3;/q2*-1;/i;1D3,12D2;. The number of aryl methyl sites for hydroxylation is 1. The number of thiophene rings is 1. The summed E-state index contributed by atoms with van der Waals surface area (Å²) >= 11 is 1.85. The molecule has 0 saturated heterocycles. The van der Waals surface area contributed by atoms with Crippen LogP contribution in [0.2, 0.25) is 19.6 Å². The first-order valence-electron chi connectivity index (χ1n) is 25.0. The van der Waals surface area contributed by atoms with E-state index in [0.717, 1.165) is 33.7 Å². The van der Waals surface area contributed by atoms with Gasteiger partial charge >= 0.3 is 0 Å². The molecule has 0 aliphatic rings. The van der Waals surface area contributed by atoms with Crippen LogP contribution in [0.15, 0.2) is 128 Å². The summed E-state index contributed by atoms with van der Waals surface area (Å²) in [6, 6.07) is 47.8. The Morgan fingerprint density at radius 1 is 0.758 bits per heavy atom. The van der Waals surface area contributed by atoms with Crippen LogP contribution in [-0.2, 0) is 26.5 Å². The van der Waals surface area contributed by atoms with Gasteiger partial charge in [-0.1, -0.05) is 164 Å². The smallest absolute Gasteiger partial charge is 0.0798 e. The number of imidazole rings is 1. The third kappa shape index (κ3) is 9.20. The first-order chi connectivity index (χ1) is 32.9. The number of hydrogen-bond acceptors (Lipinski definition) is 3. The van der Waals surface area contributed by atoms with Crippen LogP contribution in [0.4, 0.5) is 4.39 Å². The maximum atomic E-state index is 14.7. The van der Waals surface area contributed by atoms with Crippen LogP contribution in [0.25, 0.3) is 81.1 Å². The second-order valence-electron chi connectivity index (χ2n) is 19.8. The Morgan fingerprint density at radius 3 is 2.15 bits per heavy atom. The predicted octanol–water partition coefficient (Wildman–Crippen LogP) is 16.5. The molecule has 0 amide bonds. The van der Waals surface area contributed by atoms with E-state index in [-0.39, 0.29) is 36.9 Å². The molecule has 0 N–H and O–H groups in total. The molecule has 10 rings (SSSR count). The molecule has 3 aromatic heterocycles. The third-order valence-electron chi connectivity index (χ3n) is 12.0. The Balaban J connectivity index is 0.000000205. The minimum atomic E-state index is -2.42. The van der Waals surface area contributed by atoms with Crippen LogP contribution in [0, 0.1) is 30.2 Å². The topological polar surface area (TPSA) is 30.7 Å². The average Bonchev–Trinajstić information content (AvgIpc) is 3.87. The largest absolute Gasteiger partial charge is 0.333 e. The monoisotopic (exact) mass is 1090 g/mol. The van der Waals surface area contributed by atoms with Gasteiger partial charge in [0.25, 0.3) is 0 Å². The first kappa shape index (κ1) is 40.9. The maximum Gasteiger partial charge on any atom is 0.0798 e. The molecule has 0 aliphatic carbocycles. The second-order valence-corrected chi connectivity index (χ2v) is 25.9. The summed E-state index contributed by atoms with van der Waals surface area (Å²) in [5, 5.41) is 8.60. The minimum Gasteiger partial charge on any atom is -0.333 e. The summed E-state index contributed by atoms with van der Waals surface area (Å²) in [7, 11) is -1.92. The summed E-state index contributed by atoms with van der Waals surface area (Å²) in [5.41, 5.74) is 7.09. The van der Waals surface area contributed by atoms with Gasteiger partial charge in [-0.05, 0) is 102 Å². The zero-order valence-corrected chi connectivity index (χ0v) is 43.5. The quantitative estimate of drug-likeness (QED) is 0.0905. The number of aromatic nitrogens is 3. The second kappa shape index (κ2) is 18.4. The summed E-state index contributed by atoms with van der Waals surface area (Å²) in [6.07, 6.45) is -0.0131. The van der Waals surface area contributed by atoms with Gasteiger partial charge in [0.1, 0.15) is 0 Å². The van der Waals surface area contributed by atoms with Gasteiger partial charge in [0.05, 0.1) is 24.9 Å². The van der Waals surface area contributed by atoms with E-state index in [2.05, 4.69) is 172 Å². The van der Waals surface area contributed by atoms with Gasteiger partial charge in [-0.25, -0.2) is 0 Å². The molecule has 337 valence electrons. The van der Waals surface area contributed by atoms with Crippen LogP contribution in [-0.4, -0.2) is 22.6 Å². The molecule has 7 heteroatoms. The van der Waals surface area contributed by atoms with Crippen molar-refractivity contribution in [3.63, 3.8) is 0 Å². The molecule has 0 fully saturated rings. The van der Waals surface area contributed by atoms with Crippen LogP contribution >= 0.6 is 11.3 Å². The molecular weight excluding hydrogens is 1020 g/mol. The molecule has 1 radical (unpaired) electrons. The van der Waals surface area contributed by atoms with Gasteiger partial charge in [0.15, 0.2) is 0 Å². The summed E-state index contributed by atoms with van der Waals surface area (Å²) in [6.45, 7) is 18.6. The van der Waals surface area contributed by atoms with Gasteiger partial charge in [-0.3, -0.25) is 9.37 Å². The summed E-state index contributed by atoms with van der Waals surface area (Å²) in [4.78, 5) is 9.64.